The number of carbonyl (C=O) groups excluding carboxylic acids is 1. The normalized spacial score (nSPS) is 12.0. The van der Waals surface area contributed by atoms with Crippen molar-refractivity contribution in [1.29, 1.82) is 0 Å². The molecule has 1 aromatic heterocycles. The van der Waals surface area contributed by atoms with Crippen LogP contribution in [0.3, 0.4) is 0 Å². The van der Waals surface area contributed by atoms with Crippen LogP contribution >= 0.6 is 0 Å². The maximum atomic E-state index is 14.3. The van der Waals surface area contributed by atoms with Crippen molar-refractivity contribution in [2.45, 2.75) is 17.7 Å². The molecule has 0 aliphatic rings. The van der Waals surface area contributed by atoms with Crippen LogP contribution in [-0.4, -0.2) is 29.0 Å². The molecule has 0 saturated heterocycles. The minimum absolute atomic E-state index is 0.0593. The quantitative estimate of drug-likeness (QED) is 0.140. The van der Waals surface area contributed by atoms with Gasteiger partial charge in [-0.3, -0.25) is 9.52 Å². The number of benzene rings is 4. The van der Waals surface area contributed by atoms with Gasteiger partial charge in [-0.1, -0.05) is 12.1 Å². The Hall–Kier alpha value is -4.96. The number of aryl methyl sites for hydroxylation is 1. The van der Waals surface area contributed by atoms with Crippen molar-refractivity contribution >= 4 is 38.3 Å². The number of halogens is 7. The number of nitrogens with zero attached hydrogens (tertiary/aromatic N) is 2. The second kappa shape index (κ2) is 11.5. The number of rotatable bonds is 7. The maximum Gasteiger partial charge on any atom is 0.417 e. The molecule has 0 unspecified atom stereocenters. The van der Waals surface area contributed by atoms with Crippen LogP contribution in [0.4, 0.5) is 42.1 Å². The predicted octanol–water partition coefficient (Wildman–Crippen LogP) is 6.36. The lowest BCUT2D eigenvalue weighted by molar-refractivity contribution is -0.137. The van der Waals surface area contributed by atoms with E-state index in [1.807, 2.05) is 0 Å². The number of hydrogen-bond donors (Lipinski definition) is 3. The Morgan fingerprint density at radius 1 is 0.911 bits per heavy atom. The standard InChI is InChI=1S/C29H19F7N4O4S/c1-40-13-37-21-10-18(20(11-22(21)40)29(34,35)36)15-3-2-4-17(9-15)38-28(42)14-5-7-16(8-6-14)39-45(43,44)27-25(32)23(30)19(12-41)24(31)26(27)33/h2-11,13,39,41H,12H2,1H3,(H,38,42). The summed E-state index contributed by atoms with van der Waals surface area (Å²) in [5.41, 5.74) is -2.01. The predicted molar refractivity (Wildman–Crippen MR) is 149 cm³/mol. The highest BCUT2D eigenvalue weighted by Gasteiger charge is 2.35. The summed E-state index contributed by atoms with van der Waals surface area (Å²) in [4.78, 5) is 15.0. The second-order valence-corrected chi connectivity index (χ2v) is 11.3. The highest BCUT2D eigenvalue weighted by molar-refractivity contribution is 7.92. The van der Waals surface area contributed by atoms with E-state index in [4.69, 9.17) is 5.11 Å². The van der Waals surface area contributed by atoms with E-state index in [-0.39, 0.29) is 33.6 Å². The summed E-state index contributed by atoms with van der Waals surface area (Å²) < 4.78 is 127. The Morgan fingerprint density at radius 3 is 2.16 bits per heavy atom. The van der Waals surface area contributed by atoms with Gasteiger partial charge in [0.2, 0.25) is 0 Å². The van der Waals surface area contributed by atoms with Crippen molar-refractivity contribution in [2.75, 3.05) is 10.0 Å². The van der Waals surface area contributed by atoms with E-state index in [1.165, 1.54) is 41.2 Å². The number of nitrogens with one attached hydrogen (secondary N) is 2. The minimum atomic E-state index is -5.23. The fourth-order valence-electron chi connectivity index (χ4n) is 4.54. The summed E-state index contributed by atoms with van der Waals surface area (Å²) in [6, 6.07) is 12.1. The van der Waals surface area contributed by atoms with Crippen molar-refractivity contribution in [2.24, 2.45) is 7.05 Å². The van der Waals surface area contributed by atoms with Gasteiger partial charge in [-0.25, -0.2) is 31.0 Å². The highest BCUT2D eigenvalue weighted by Crippen LogP contribution is 2.40. The van der Waals surface area contributed by atoms with Crippen LogP contribution < -0.4 is 10.0 Å². The number of anilines is 2. The van der Waals surface area contributed by atoms with Gasteiger partial charge in [-0.2, -0.15) is 13.2 Å². The second-order valence-electron chi connectivity index (χ2n) is 9.68. The lowest BCUT2D eigenvalue weighted by Crippen LogP contribution is -2.20. The zero-order valence-corrected chi connectivity index (χ0v) is 23.5. The number of imidazole rings is 1. The smallest absolute Gasteiger partial charge is 0.391 e. The van der Waals surface area contributed by atoms with Crippen LogP contribution in [0.2, 0.25) is 0 Å². The molecule has 0 saturated carbocycles. The zero-order valence-electron chi connectivity index (χ0n) is 22.7. The van der Waals surface area contributed by atoms with Gasteiger partial charge in [0, 0.05) is 24.0 Å². The Morgan fingerprint density at radius 2 is 1.56 bits per heavy atom. The van der Waals surface area contributed by atoms with E-state index in [1.54, 1.807) is 11.8 Å². The highest BCUT2D eigenvalue weighted by atomic mass is 32.2. The molecule has 16 heteroatoms. The Balaban J connectivity index is 1.37. The number of carbonyl (C=O) groups is 1. The fourth-order valence-corrected chi connectivity index (χ4v) is 5.74. The summed E-state index contributed by atoms with van der Waals surface area (Å²) in [7, 11) is -3.67. The van der Waals surface area contributed by atoms with E-state index < -0.39 is 68.0 Å². The summed E-state index contributed by atoms with van der Waals surface area (Å²) >= 11 is 0. The SMILES string of the molecule is Cn1cnc2cc(-c3cccc(NC(=O)c4ccc(NS(=O)(=O)c5c(F)c(F)c(CO)c(F)c5F)cc4)c3)c(C(F)(F)F)cc21. The first-order valence-corrected chi connectivity index (χ1v) is 14.1. The third-order valence-electron chi connectivity index (χ3n) is 6.74. The van der Waals surface area contributed by atoms with Gasteiger partial charge < -0.3 is 15.0 Å². The van der Waals surface area contributed by atoms with Crippen LogP contribution in [0.25, 0.3) is 22.2 Å². The first-order chi connectivity index (χ1) is 21.1. The number of aliphatic hydroxyl groups excluding tert-OH is 1. The molecule has 0 fully saturated rings. The number of aromatic nitrogens is 2. The third-order valence-corrected chi connectivity index (χ3v) is 8.14. The van der Waals surface area contributed by atoms with Gasteiger partial charge in [0.15, 0.2) is 28.2 Å². The van der Waals surface area contributed by atoms with Gasteiger partial charge >= 0.3 is 6.18 Å². The average molecular weight is 653 g/mol. The largest absolute Gasteiger partial charge is 0.417 e. The zero-order chi connectivity index (χ0) is 32.8. The van der Waals surface area contributed by atoms with Crippen LogP contribution in [-0.2, 0) is 29.9 Å². The van der Waals surface area contributed by atoms with Crippen molar-refractivity contribution < 1.29 is 49.1 Å². The Kier molecular flexibility index (Phi) is 8.05. The topological polar surface area (TPSA) is 113 Å². The van der Waals surface area contributed by atoms with Gasteiger partial charge in [-0.15, -0.1) is 0 Å². The molecular weight excluding hydrogens is 633 g/mol. The third kappa shape index (κ3) is 5.93. The summed E-state index contributed by atoms with van der Waals surface area (Å²) in [5.74, 6) is -9.41. The first kappa shape index (κ1) is 31.5. The number of alkyl halides is 3. The molecule has 0 aliphatic heterocycles. The molecule has 5 aromatic rings. The lowest BCUT2D eigenvalue weighted by Gasteiger charge is -2.15. The molecule has 5 rings (SSSR count). The van der Waals surface area contributed by atoms with Crippen molar-refractivity contribution in [3.63, 3.8) is 0 Å². The van der Waals surface area contributed by atoms with Gasteiger partial charge in [0.25, 0.3) is 15.9 Å². The number of sulfonamides is 1. The molecule has 1 amide bonds. The molecule has 8 nitrogen and oxygen atoms in total. The summed E-state index contributed by atoms with van der Waals surface area (Å²) in [5, 5.41) is 11.4. The van der Waals surface area contributed by atoms with Crippen LogP contribution in [0.5, 0.6) is 0 Å². The maximum absolute atomic E-state index is 14.3. The number of fused-ring (bicyclic) bond motifs is 1. The molecule has 4 aromatic carbocycles. The lowest BCUT2D eigenvalue weighted by atomic mass is 9.98. The molecule has 3 N–H and O–H groups in total. The van der Waals surface area contributed by atoms with Gasteiger partial charge in [0.1, 0.15) is 0 Å². The van der Waals surface area contributed by atoms with Gasteiger partial charge in [-0.05, 0) is 59.7 Å². The number of hydrogen-bond acceptors (Lipinski definition) is 5. The molecule has 0 atom stereocenters. The molecular formula is C29H19F7N4O4S. The summed E-state index contributed by atoms with van der Waals surface area (Å²) in [6.45, 7) is -1.43. The summed E-state index contributed by atoms with van der Waals surface area (Å²) in [6.07, 6.45) is -3.31. The van der Waals surface area contributed by atoms with E-state index in [9.17, 15) is 43.9 Å². The van der Waals surface area contributed by atoms with Crippen molar-refractivity contribution in [1.82, 2.24) is 9.55 Å². The van der Waals surface area contributed by atoms with Crippen molar-refractivity contribution in [3.8, 4) is 11.1 Å². The molecule has 234 valence electrons. The van der Waals surface area contributed by atoms with Crippen LogP contribution in [0, 0.1) is 23.3 Å². The van der Waals surface area contributed by atoms with Crippen LogP contribution in [0.1, 0.15) is 21.5 Å². The molecule has 45 heavy (non-hydrogen) atoms. The Bertz CT molecular complexity index is 2050. The average Bonchev–Trinajstić information content (AvgIpc) is 3.35. The number of amides is 1. The van der Waals surface area contributed by atoms with Crippen molar-refractivity contribution in [3.05, 3.63) is 107 Å². The van der Waals surface area contributed by atoms with E-state index in [0.717, 1.165) is 30.3 Å². The molecule has 1 heterocycles. The first-order valence-electron chi connectivity index (χ1n) is 12.6. The molecule has 0 radical (unpaired) electrons. The molecule has 0 aliphatic carbocycles. The van der Waals surface area contributed by atoms with Crippen LogP contribution in [0.15, 0.2) is 71.9 Å². The molecule has 0 bridgehead atoms. The fraction of sp³-hybridized carbons (Fsp3) is 0.103. The van der Waals surface area contributed by atoms with E-state index >= 15 is 0 Å². The number of aliphatic hydroxyl groups is 1. The van der Waals surface area contributed by atoms with Gasteiger partial charge in [0.05, 0.1) is 35.1 Å². The van der Waals surface area contributed by atoms with E-state index in [0.29, 0.717) is 5.52 Å². The monoisotopic (exact) mass is 652 g/mol. The Labute approximate surface area is 249 Å². The minimum Gasteiger partial charge on any atom is -0.391 e. The molecule has 0 spiro atoms. The van der Waals surface area contributed by atoms with E-state index in [2.05, 4.69) is 10.3 Å².